The van der Waals surface area contributed by atoms with Gasteiger partial charge in [-0.25, -0.2) is 19.0 Å². The van der Waals surface area contributed by atoms with Crippen molar-refractivity contribution in [1.82, 2.24) is 28.5 Å². The van der Waals surface area contributed by atoms with Gasteiger partial charge in [0.1, 0.15) is 11.6 Å². The molecule has 10 nitrogen and oxygen atoms in total. The molecule has 3 aromatic rings. The standard InChI is InChI=1S/C22H27FN6O4/c1-4-33-22(32)28-10-8-27(9-11-28)14-17-24-19-18(20(30)26(3)21(31)25(19)2)29(17)13-15-6-5-7-16(23)12-15/h5-7,12H,4,8-11,13-14H2,1-3H3. The maximum Gasteiger partial charge on any atom is 0.409 e. The van der Waals surface area contributed by atoms with Gasteiger partial charge in [0.15, 0.2) is 11.2 Å². The predicted molar refractivity (Wildman–Crippen MR) is 120 cm³/mol. The number of halogens is 1. The molecule has 1 aliphatic rings. The molecule has 1 aromatic carbocycles. The third-order valence-electron chi connectivity index (χ3n) is 5.92. The fourth-order valence-electron chi connectivity index (χ4n) is 4.10. The third kappa shape index (κ3) is 4.40. The lowest BCUT2D eigenvalue weighted by Crippen LogP contribution is -2.48. The number of carbonyl (C=O) groups is 1. The fourth-order valence-corrected chi connectivity index (χ4v) is 4.10. The molecule has 0 N–H and O–H groups in total. The predicted octanol–water partition coefficient (Wildman–Crippen LogP) is 0.895. The Balaban J connectivity index is 1.69. The molecule has 33 heavy (non-hydrogen) atoms. The molecule has 0 aliphatic carbocycles. The highest BCUT2D eigenvalue weighted by Gasteiger charge is 2.25. The van der Waals surface area contributed by atoms with E-state index in [-0.39, 0.29) is 18.5 Å². The molecular weight excluding hydrogens is 431 g/mol. The van der Waals surface area contributed by atoms with Crippen LogP contribution in [0.1, 0.15) is 18.3 Å². The van der Waals surface area contributed by atoms with Crippen LogP contribution in [-0.4, -0.2) is 67.4 Å². The summed E-state index contributed by atoms with van der Waals surface area (Å²) in [6.45, 7) is 5.01. The van der Waals surface area contributed by atoms with Crippen LogP contribution in [0.3, 0.4) is 0 Å². The van der Waals surface area contributed by atoms with Gasteiger partial charge in [0.25, 0.3) is 5.56 Å². The lowest BCUT2D eigenvalue weighted by molar-refractivity contribution is 0.0769. The van der Waals surface area contributed by atoms with Crippen LogP contribution in [0.2, 0.25) is 0 Å². The van der Waals surface area contributed by atoms with Gasteiger partial charge in [0, 0.05) is 46.8 Å². The molecule has 11 heteroatoms. The zero-order valence-corrected chi connectivity index (χ0v) is 19.0. The van der Waals surface area contributed by atoms with Gasteiger partial charge in [-0.2, -0.15) is 0 Å². The summed E-state index contributed by atoms with van der Waals surface area (Å²) in [5.74, 6) is 0.228. The Labute approximate surface area is 189 Å². The second-order valence-corrected chi connectivity index (χ2v) is 8.08. The monoisotopic (exact) mass is 458 g/mol. The van der Waals surface area contributed by atoms with Crippen LogP contribution in [0.15, 0.2) is 33.9 Å². The maximum atomic E-state index is 13.8. The van der Waals surface area contributed by atoms with Crippen LogP contribution >= 0.6 is 0 Å². The van der Waals surface area contributed by atoms with Crippen molar-refractivity contribution in [1.29, 1.82) is 0 Å². The first kappa shape index (κ1) is 22.7. The molecule has 0 radical (unpaired) electrons. The van der Waals surface area contributed by atoms with E-state index in [2.05, 4.69) is 9.88 Å². The molecular formula is C22H27FN6O4. The van der Waals surface area contributed by atoms with Gasteiger partial charge in [0.05, 0.1) is 13.2 Å². The Morgan fingerprint density at radius 3 is 2.48 bits per heavy atom. The second-order valence-electron chi connectivity index (χ2n) is 8.08. The van der Waals surface area contributed by atoms with Crippen molar-refractivity contribution in [2.45, 2.75) is 20.0 Å². The van der Waals surface area contributed by atoms with Gasteiger partial charge in [-0.1, -0.05) is 12.1 Å². The van der Waals surface area contributed by atoms with Crippen molar-refractivity contribution in [2.75, 3.05) is 32.8 Å². The number of fused-ring (bicyclic) bond motifs is 1. The van der Waals surface area contributed by atoms with E-state index in [0.717, 1.165) is 4.57 Å². The Kier molecular flexibility index (Phi) is 6.32. The smallest absolute Gasteiger partial charge is 0.409 e. The third-order valence-corrected chi connectivity index (χ3v) is 5.92. The first-order chi connectivity index (χ1) is 15.8. The number of aryl methyl sites for hydroxylation is 1. The first-order valence-corrected chi connectivity index (χ1v) is 10.8. The summed E-state index contributed by atoms with van der Waals surface area (Å²) in [4.78, 5) is 45.8. The van der Waals surface area contributed by atoms with Gasteiger partial charge in [0.2, 0.25) is 0 Å². The summed E-state index contributed by atoms with van der Waals surface area (Å²) in [7, 11) is 3.00. The molecule has 0 atom stereocenters. The van der Waals surface area contributed by atoms with Crippen molar-refractivity contribution in [3.05, 3.63) is 62.3 Å². The molecule has 1 amide bonds. The number of rotatable bonds is 5. The molecule has 0 unspecified atom stereocenters. The molecule has 2 aromatic heterocycles. The Morgan fingerprint density at radius 2 is 1.82 bits per heavy atom. The van der Waals surface area contributed by atoms with E-state index in [0.29, 0.717) is 61.9 Å². The highest BCUT2D eigenvalue weighted by Crippen LogP contribution is 2.17. The maximum absolute atomic E-state index is 13.8. The van der Waals surface area contributed by atoms with Crippen molar-refractivity contribution in [2.24, 2.45) is 14.1 Å². The van der Waals surface area contributed by atoms with Gasteiger partial charge in [-0.05, 0) is 24.6 Å². The number of benzene rings is 1. The molecule has 4 rings (SSSR count). The summed E-state index contributed by atoms with van der Waals surface area (Å²) < 4.78 is 23.0. The number of aromatic nitrogens is 4. The first-order valence-electron chi connectivity index (χ1n) is 10.8. The highest BCUT2D eigenvalue weighted by atomic mass is 19.1. The SMILES string of the molecule is CCOC(=O)N1CCN(Cc2nc3c(c(=O)n(C)c(=O)n3C)n2Cc2cccc(F)c2)CC1. The lowest BCUT2D eigenvalue weighted by atomic mass is 10.2. The summed E-state index contributed by atoms with van der Waals surface area (Å²) in [5.41, 5.74) is 0.357. The average Bonchev–Trinajstić information content (AvgIpc) is 3.15. The molecule has 3 heterocycles. The van der Waals surface area contributed by atoms with Crippen LogP contribution in [-0.2, 0) is 31.9 Å². The number of hydrogen-bond donors (Lipinski definition) is 0. The molecule has 0 spiro atoms. The summed E-state index contributed by atoms with van der Waals surface area (Å²) in [6.07, 6.45) is -0.325. The minimum Gasteiger partial charge on any atom is -0.450 e. The van der Waals surface area contributed by atoms with Crippen LogP contribution in [0.25, 0.3) is 11.2 Å². The number of amides is 1. The van der Waals surface area contributed by atoms with E-state index in [9.17, 15) is 18.8 Å². The van der Waals surface area contributed by atoms with Crippen molar-refractivity contribution < 1.29 is 13.9 Å². The van der Waals surface area contributed by atoms with E-state index in [1.54, 1.807) is 35.6 Å². The topological polar surface area (TPSA) is 94.6 Å². The summed E-state index contributed by atoms with van der Waals surface area (Å²) in [6, 6.07) is 6.18. The number of imidazole rings is 1. The number of carbonyl (C=O) groups excluding carboxylic acids is 1. The van der Waals surface area contributed by atoms with Crippen LogP contribution in [0, 0.1) is 5.82 Å². The van der Waals surface area contributed by atoms with Crippen LogP contribution < -0.4 is 11.2 Å². The van der Waals surface area contributed by atoms with E-state index >= 15 is 0 Å². The average molecular weight is 458 g/mol. The molecule has 1 saturated heterocycles. The Bertz CT molecular complexity index is 1300. The minimum atomic E-state index is -0.461. The highest BCUT2D eigenvalue weighted by molar-refractivity contribution is 5.71. The molecule has 1 fully saturated rings. The van der Waals surface area contributed by atoms with Gasteiger partial charge in [-0.15, -0.1) is 0 Å². The second kappa shape index (κ2) is 9.18. The number of piperazine rings is 1. The largest absolute Gasteiger partial charge is 0.450 e. The number of ether oxygens (including phenoxy) is 1. The van der Waals surface area contributed by atoms with E-state index in [1.807, 2.05) is 0 Å². The zero-order valence-electron chi connectivity index (χ0n) is 19.0. The quantitative estimate of drug-likeness (QED) is 0.564. The van der Waals surface area contributed by atoms with Crippen molar-refractivity contribution >= 4 is 17.3 Å². The van der Waals surface area contributed by atoms with Crippen molar-refractivity contribution in [3.63, 3.8) is 0 Å². The Hall–Kier alpha value is -3.47. The minimum absolute atomic E-state index is 0.236. The molecule has 0 bridgehead atoms. The normalized spacial score (nSPS) is 14.7. The number of hydrogen-bond acceptors (Lipinski definition) is 6. The summed E-state index contributed by atoms with van der Waals surface area (Å²) in [5, 5.41) is 0. The van der Waals surface area contributed by atoms with Gasteiger partial charge in [-0.3, -0.25) is 18.8 Å². The van der Waals surface area contributed by atoms with Crippen LogP contribution in [0.4, 0.5) is 9.18 Å². The molecule has 176 valence electrons. The van der Waals surface area contributed by atoms with E-state index in [1.165, 1.54) is 23.7 Å². The summed E-state index contributed by atoms with van der Waals surface area (Å²) >= 11 is 0. The van der Waals surface area contributed by atoms with Gasteiger partial charge < -0.3 is 14.2 Å². The zero-order chi connectivity index (χ0) is 23.7. The fraction of sp³-hybridized carbons (Fsp3) is 0.455. The van der Waals surface area contributed by atoms with Gasteiger partial charge >= 0.3 is 11.8 Å². The lowest BCUT2D eigenvalue weighted by Gasteiger charge is -2.33. The van der Waals surface area contributed by atoms with Crippen molar-refractivity contribution in [3.8, 4) is 0 Å². The number of nitrogens with zero attached hydrogens (tertiary/aromatic N) is 6. The van der Waals surface area contributed by atoms with E-state index < -0.39 is 11.2 Å². The van der Waals surface area contributed by atoms with Crippen LogP contribution in [0.5, 0.6) is 0 Å². The Morgan fingerprint density at radius 1 is 1.09 bits per heavy atom. The molecule has 0 saturated carbocycles. The molecule has 1 aliphatic heterocycles. The van der Waals surface area contributed by atoms with E-state index in [4.69, 9.17) is 4.74 Å².